The van der Waals surface area contributed by atoms with Gasteiger partial charge in [-0.3, -0.25) is 19.6 Å². The average Bonchev–Trinajstić information content (AvgIpc) is 3.38. The third kappa shape index (κ3) is 9.48. The number of hydroxylamine groups is 2. The van der Waals surface area contributed by atoms with Crippen molar-refractivity contribution >= 4 is 44.5 Å². The number of rotatable bonds is 16. The molecule has 0 saturated heterocycles. The number of nitrogens with one attached hydrogen (secondary N) is 2. The van der Waals surface area contributed by atoms with Crippen LogP contribution in [0.15, 0.2) is 41.0 Å². The summed E-state index contributed by atoms with van der Waals surface area (Å²) < 4.78 is 25.3. The number of carbonyl (C=O) groups is 3. The number of aromatic nitrogens is 2. The molecule has 0 aromatic carbocycles. The van der Waals surface area contributed by atoms with E-state index in [0.717, 1.165) is 0 Å². The van der Waals surface area contributed by atoms with Gasteiger partial charge in [0, 0.05) is 17.8 Å². The SMILES string of the molecule is CCC[C@@H]([C@@H](CC(C)C)C(=O)N[C@@H](CCCS(=O)(=O)c1ccccn1)C(=O)Nc1nccs1)N(O)C=O. The van der Waals surface area contributed by atoms with Crippen molar-refractivity contribution in [1.29, 1.82) is 0 Å². The first kappa shape index (κ1) is 30.3. The van der Waals surface area contributed by atoms with Crippen LogP contribution in [0.1, 0.15) is 52.9 Å². The number of hydrogen-bond donors (Lipinski definition) is 3. The highest BCUT2D eigenvalue weighted by Crippen LogP contribution is 2.23. The molecule has 2 rings (SSSR count). The van der Waals surface area contributed by atoms with Crippen LogP contribution in [-0.2, 0) is 24.2 Å². The zero-order valence-corrected chi connectivity index (χ0v) is 22.9. The quantitative estimate of drug-likeness (QED) is 0.163. The molecule has 3 N–H and O–H groups in total. The van der Waals surface area contributed by atoms with E-state index in [4.69, 9.17) is 0 Å². The number of hydrogen-bond acceptors (Lipinski definition) is 9. The second-order valence-electron chi connectivity index (χ2n) is 9.09. The van der Waals surface area contributed by atoms with Gasteiger partial charge < -0.3 is 10.6 Å². The van der Waals surface area contributed by atoms with Crippen molar-refractivity contribution in [3.8, 4) is 0 Å². The number of sulfone groups is 1. The molecule has 2 aromatic heterocycles. The van der Waals surface area contributed by atoms with Gasteiger partial charge in [-0.1, -0.05) is 33.3 Å². The Bertz CT molecular complexity index is 1100. The maximum absolute atomic E-state index is 13.4. The Morgan fingerprint density at radius 1 is 1.16 bits per heavy atom. The molecule has 0 aliphatic rings. The standard InChI is InChI=1S/C24H35N5O6S2/c1-4-8-20(29(33)16-30)18(15-17(2)3)22(31)27-19(23(32)28-24-26-12-13-36-24)9-7-14-37(34,35)21-10-5-6-11-25-21/h5-6,10-13,16-20,33H,4,7-9,14-15H2,1-3H3,(H,27,31)(H,26,28,32)/t18-,19+,20+/m1/s1. The Morgan fingerprint density at radius 2 is 1.92 bits per heavy atom. The van der Waals surface area contributed by atoms with Gasteiger partial charge in [0.25, 0.3) is 0 Å². The molecule has 0 aliphatic carbocycles. The molecular weight excluding hydrogens is 518 g/mol. The van der Waals surface area contributed by atoms with Gasteiger partial charge in [0.1, 0.15) is 6.04 Å². The third-order valence-electron chi connectivity index (χ3n) is 5.72. The maximum atomic E-state index is 13.4. The summed E-state index contributed by atoms with van der Waals surface area (Å²) in [7, 11) is -3.67. The summed E-state index contributed by atoms with van der Waals surface area (Å²) in [6.45, 7) is 5.71. The van der Waals surface area contributed by atoms with Crippen LogP contribution in [0.25, 0.3) is 0 Å². The summed E-state index contributed by atoms with van der Waals surface area (Å²) in [6, 6.07) is 2.77. The van der Waals surface area contributed by atoms with Gasteiger partial charge in [0.15, 0.2) is 20.0 Å². The molecule has 2 aromatic rings. The van der Waals surface area contributed by atoms with Gasteiger partial charge in [-0.2, -0.15) is 0 Å². The van der Waals surface area contributed by atoms with Crippen molar-refractivity contribution in [2.75, 3.05) is 11.1 Å². The molecule has 13 heteroatoms. The van der Waals surface area contributed by atoms with E-state index in [9.17, 15) is 28.0 Å². The maximum Gasteiger partial charge on any atom is 0.248 e. The van der Waals surface area contributed by atoms with Gasteiger partial charge in [0.05, 0.1) is 17.7 Å². The fourth-order valence-electron chi connectivity index (χ4n) is 3.98. The Morgan fingerprint density at radius 3 is 2.49 bits per heavy atom. The number of thiazole rings is 1. The second-order valence-corrected chi connectivity index (χ2v) is 12.0. The summed E-state index contributed by atoms with van der Waals surface area (Å²) in [5.41, 5.74) is 0. The van der Waals surface area contributed by atoms with E-state index in [2.05, 4.69) is 20.6 Å². The van der Waals surface area contributed by atoms with Crippen molar-refractivity contribution < 1.29 is 28.0 Å². The van der Waals surface area contributed by atoms with Crippen molar-refractivity contribution in [2.45, 2.75) is 70.0 Å². The van der Waals surface area contributed by atoms with Crippen LogP contribution in [0.3, 0.4) is 0 Å². The average molecular weight is 554 g/mol. The molecule has 0 radical (unpaired) electrons. The molecule has 0 bridgehead atoms. The van der Waals surface area contributed by atoms with Crippen LogP contribution in [0.5, 0.6) is 0 Å². The normalized spacial score (nSPS) is 14.0. The summed E-state index contributed by atoms with van der Waals surface area (Å²) in [5.74, 6) is -2.00. The Hall–Kier alpha value is -2.90. The predicted molar refractivity (Wildman–Crippen MR) is 140 cm³/mol. The fourth-order valence-corrected chi connectivity index (χ4v) is 5.77. The Kier molecular flexibility index (Phi) is 12.1. The van der Waals surface area contributed by atoms with Crippen LogP contribution >= 0.6 is 11.3 Å². The van der Waals surface area contributed by atoms with E-state index in [1.165, 1.54) is 29.8 Å². The molecule has 0 aliphatic heterocycles. The summed E-state index contributed by atoms with van der Waals surface area (Å²) in [6.07, 6.45) is 4.70. The lowest BCUT2D eigenvalue weighted by atomic mass is 9.86. The largest absolute Gasteiger partial charge is 0.344 e. The smallest absolute Gasteiger partial charge is 0.248 e. The number of nitrogens with zero attached hydrogens (tertiary/aromatic N) is 3. The van der Waals surface area contributed by atoms with E-state index < -0.39 is 39.7 Å². The molecule has 0 spiro atoms. The second kappa shape index (κ2) is 14.7. The van der Waals surface area contributed by atoms with Gasteiger partial charge in [-0.05, 0) is 43.7 Å². The summed E-state index contributed by atoms with van der Waals surface area (Å²) >= 11 is 1.21. The molecule has 11 nitrogen and oxygen atoms in total. The highest BCUT2D eigenvalue weighted by Gasteiger charge is 2.34. The highest BCUT2D eigenvalue weighted by molar-refractivity contribution is 7.91. The molecule has 2 heterocycles. The molecular formula is C24H35N5O6S2. The zero-order valence-electron chi connectivity index (χ0n) is 21.2. The van der Waals surface area contributed by atoms with Crippen LogP contribution in [0, 0.1) is 11.8 Å². The molecule has 204 valence electrons. The summed E-state index contributed by atoms with van der Waals surface area (Å²) in [4.78, 5) is 45.7. The monoisotopic (exact) mass is 553 g/mol. The van der Waals surface area contributed by atoms with Crippen molar-refractivity contribution in [1.82, 2.24) is 20.3 Å². The first-order chi connectivity index (χ1) is 17.6. The fraction of sp³-hybridized carbons (Fsp3) is 0.542. The Balaban J connectivity index is 2.22. The number of amides is 3. The number of carbonyl (C=O) groups excluding carboxylic acids is 3. The summed E-state index contributed by atoms with van der Waals surface area (Å²) in [5, 5.41) is 18.0. The van der Waals surface area contributed by atoms with Crippen molar-refractivity contribution in [2.24, 2.45) is 11.8 Å². The van der Waals surface area contributed by atoms with E-state index in [0.29, 0.717) is 29.5 Å². The van der Waals surface area contributed by atoms with E-state index in [1.54, 1.807) is 17.5 Å². The molecule has 3 amide bonds. The first-order valence-corrected chi connectivity index (χ1v) is 14.7. The minimum atomic E-state index is -3.67. The number of anilines is 1. The van der Waals surface area contributed by atoms with Gasteiger partial charge in [0.2, 0.25) is 18.2 Å². The topological polar surface area (TPSA) is 159 Å². The van der Waals surface area contributed by atoms with Crippen LogP contribution < -0.4 is 10.6 Å². The zero-order chi connectivity index (χ0) is 27.4. The molecule has 0 saturated carbocycles. The lowest BCUT2D eigenvalue weighted by Crippen LogP contribution is -2.51. The Labute approximate surface area is 221 Å². The minimum Gasteiger partial charge on any atom is -0.344 e. The van der Waals surface area contributed by atoms with Crippen LogP contribution in [-0.4, -0.2) is 64.7 Å². The van der Waals surface area contributed by atoms with E-state index in [-0.39, 0.29) is 35.9 Å². The van der Waals surface area contributed by atoms with Gasteiger partial charge in [-0.15, -0.1) is 11.3 Å². The minimum absolute atomic E-state index is 0.0401. The first-order valence-electron chi connectivity index (χ1n) is 12.2. The van der Waals surface area contributed by atoms with Crippen LogP contribution in [0.2, 0.25) is 0 Å². The highest BCUT2D eigenvalue weighted by atomic mass is 32.2. The van der Waals surface area contributed by atoms with Crippen molar-refractivity contribution in [3.05, 3.63) is 36.0 Å². The molecule has 37 heavy (non-hydrogen) atoms. The predicted octanol–water partition coefficient (Wildman–Crippen LogP) is 2.89. The van der Waals surface area contributed by atoms with Gasteiger partial charge in [-0.25, -0.2) is 23.4 Å². The molecule has 3 atom stereocenters. The van der Waals surface area contributed by atoms with E-state index >= 15 is 0 Å². The third-order valence-corrected chi connectivity index (χ3v) is 8.11. The van der Waals surface area contributed by atoms with Crippen molar-refractivity contribution in [3.63, 3.8) is 0 Å². The number of pyridine rings is 1. The lowest BCUT2D eigenvalue weighted by Gasteiger charge is -2.32. The lowest BCUT2D eigenvalue weighted by molar-refractivity contribution is -0.169. The molecule has 0 fully saturated rings. The van der Waals surface area contributed by atoms with Gasteiger partial charge >= 0.3 is 0 Å². The van der Waals surface area contributed by atoms with Crippen LogP contribution in [0.4, 0.5) is 5.13 Å². The molecule has 0 unspecified atom stereocenters. The van der Waals surface area contributed by atoms with E-state index in [1.807, 2.05) is 20.8 Å².